The second-order valence-electron chi connectivity index (χ2n) is 4.59. The number of amides is 2. The Hall–Kier alpha value is -2.36. The van der Waals surface area contributed by atoms with Gasteiger partial charge < -0.3 is 15.4 Å². The van der Waals surface area contributed by atoms with Gasteiger partial charge in [0.25, 0.3) is 0 Å². The molecule has 0 spiro atoms. The average Bonchev–Trinajstić information content (AvgIpc) is 2.47. The molecule has 0 saturated carbocycles. The Bertz CT molecular complexity index is 605. The summed E-state index contributed by atoms with van der Waals surface area (Å²) in [7, 11) is 0. The molecular formula is C16H18N2O2. The molecule has 20 heavy (non-hydrogen) atoms. The Kier molecular flexibility index (Phi) is 4.71. The first-order chi connectivity index (χ1) is 9.74. The first kappa shape index (κ1) is 14.1. The highest BCUT2D eigenvalue weighted by molar-refractivity contribution is 5.86. The van der Waals surface area contributed by atoms with E-state index in [1.54, 1.807) is 0 Å². The monoisotopic (exact) mass is 270 g/mol. The zero-order valence-electron chi connectivity index (χ0n) is 11.4. The van der Waals surface area contributed by atoms with Crippen LogP contribution in [0.2, 0.25) is 0 Å². The molecule has 2 aromatic rings. The number of hydrogen-bond acceptors (Lipinski definition) is 2. The molecule has 0 saturated heterocycles. The molecule has 0 unspecified atom stereocenters. The van der Waals surface area contributed by atoms with E-state index in [1.165, 1.54) is 0 Å². The highest BCUT2D eigenvalue weighted by atomic mass is 16.2. The lowest BCUT2D eigenvalue weighted by molar-refractivity contribution is -0.109. The van der Waals surface area contributed by atoms with Crippen LogP contribution < -0.4 is 10.6 Å². The van der Waals surface area contributed by atoms with E-state index in [0.717, 1.165) is 22.6 Å². The van der Waals surface area contributed by atoms with Crippen LogP contribution in [-0.2, 0) is 11.2 Å². The molecule has 2 N–H and O–H groups in total. The van der Waals surface area contributed by atoms with Crippen LogP contribution in [0.25, 0.3) is 10.8 Å². The second-order valence-corrected chi connectivity index (χ2v) is 4.59. The summed E-state index contributed by atoms with van der Waals surface area (Å²) >= 11 is 0. The van der Waals surface area contributed by atoms with E-state index in [4.69, 9.17) is 0 Å². The van der Waals surface area contributed by atoms with E-state index in [1.807, 2.05) is 49.4 Å². The fourth-order valence-electron chi connectivity index (χ4n) is 2.22. The summed E-state index contributed by atoms with van der Waals surface area (Å²) in [6.07, 6.45) is 1.26. The summed E-state index contributed by atoms with van der Waals surface area (Å²) in [4.78, 5) is 22.6. The number of carbonyl (C=O) groups excluding carboxylic acids is 2. The van der Waals surface area contributed by atoms with Crippen molar-refractivity contribution in [2.24, 2.45) is 0 Å². The molecule has 0 aliphatic heterocycles. The first-order valence-electron chi connectivity index (χ1n) is 6.71. The molecule has 0 aliphatic rings. The van der Waals surface area contributed by atoms with E-state index < -0.39 is 6.04 Å². The van der Waals surface area contributed by atoms with Gasteiger partial charge in [0, 0.05) is 13.0 Å². The number of urea groups is 1. The van der Waals surface area contributed by atoms with Crippen molar-refractivity contribution >= 4 is 23.1 Å². The molecule has 2 amide bonds. The molecule has 1 atom stereocenters. The zero-order valence-corrected chi connectivity index (χ0v) is 11.4. The molecule has 0 heterocycles. The van der Waals surface area contributed by atoms with Gasteiger partial charge in [-0.15, -0.1) is 0 Å². The molecule has 2 rings (SSSR count). The quantitative estimate of drug-likeness (QED) is 0.819. The number of aldehydes is 1. The molecule has 4 heteroatoms. The second kappa shape index (κ2) is 6.70. The van der Waals surface area contributed by atoms with E-state index in [-0.39, 0.29) is 6.03 Å². The van der Waals surface area contributed by atoms with Crippen molar-refractivity contribution in [3.63, 3.8) is 0 Å². The molecule has 0 aliphatic carbocycles. The van der Waals surface area contributed by atoms with Gasteiger partial charge in [-0.3, -0.25) is 0 Å². The van der Waals surface area contributed by atoms with Gasteiger partial charge in [-0.25, -0.2) is 4.79 Å². The summed E-state index contributed by atoms with van der Waals surface area (Å²) in [5, 5.41) is 7.53. The lowest BCUT2D eigenvalue weighted by Crippen LogP contribution is -2.43. The van der Waals surface area contributed by atoms with Gasteiger partial charge in [0.05, 0.1) is 6.04 Å². The molecule has 4 nitrogen and oxygen atoms in total. The lowest BCUT2D eigenvalue weighted by Gasteiger charge is -2.14. The minimum absolute atomic E-state index is 0.315. The number of carbonyl (C=O) groups is 2. The van der Waals surface area contributed by atoms with Gasteiger partial charge in [-0.05, 0) is 23.3 Å². The van der Waals surface area contributed by atoms with Crippen LogP contribution in [0.3, 0.4) is 0 Å². The van der Waals surface area contributed by atoms with Crippen molar-refractivity contribution in [1.82, 2.24) is 10.6 Å². The van der Waals surface area contributed by atoms with Crippen molar-refractivity contribution in [3.05, 3.63) is 48.0 Å². The minimum Gasteiger partial charge on any atom is -0.338 e. The molecule has 0 bridgehead atoms. The van der Waals surface area contributed by atoms with Crippen LogP contribution in [0.5, 0.6) is 0 Å². The van der Waals surface area contributed by atoms with Crippen LogP contribution >= 0.6 is 0 Å². The standard InChI is InChI=1S/C16H18N2O2/c1-2-17-16(20)18-14(11-19)10-13-8-5-7-12-6-3-4-9-15(12)13/h3-9,11,14H,2,10H2,1H3,(H2,17,18,20)/t14-/m0/s1. The molecular weight excluding hydrogens is 252 g/mol. The predicted octanol–water partition coefficient (Wildman–Crippen LogP) is 2.27. The van der Waals surface area contributed by atoms with Crippen molar-refractivity contribution in [1.29, 1.82) is 0 Å². The lowest BCUT2D eigenvalue weighted by atomic mass is 9.99. The first-order valence-corrected chi connectivity index (χ1v) is 6.71. The van der Waals surface area contributed by atoms with Crippen molar-refractivity contribution < 1.29 is 9.59 Å². The highest BCUT2D eigenvalue weighted by Crippen LogP contribution is 2.19. The number of hydrogen-bond donors (Lipinski definition) is 2. The maximum absolute atomic E-state index is 11.5. The summed E-state index contributed by atoms with van der Waals surface area (Å²) in [6, 6.07) is 13.2. The van der Waals surface area contributed by atoms with Crippen molar-refractivity contribution in [2.75, 3.05) is 6.54 Å². The fourth-order valence-corrected chi connectivity index (χ4v) is 2.22. The molecule has 0 fully saturated rings. The van der Waals surface area contributed by atoms with E-state index >= 15 is 0 Å². The molecule has 2 aromatic carbocycles. The minimum atomic E-state index is -0.521. The van der Waals surface area contributed by atoms with Gasteiger partial charge in [0.2, 0.25) is 0 Å². The molecule has 104 valence electrons. The third-order valence-corrected chi connectivity index (χ3v) is 3.14. The van der Waals surface area contributed by atoms with Crippen molar-refractivity contribution in [2.45, 2.75) is 19.4 Å². The normalized spacial score (nSPS) is 11.8. The van der Waals surface area contributed by atoms with Crippen LogP contribution in [0.1, 0.15) is 12.5 Å². The van der Waals surface area contributed by atoms with Crippen LogP contribution in [-0.4, -0.2) is 24.9 Å². The number of rotatable bonds is 5. The number of fused-ring (bicyclic) bond motifs is 1. The third-order valence-electron chi connectivity index (χ3n) is 3.14. The third kappa shape index (κ3) is 3.35. The van der Waals surface area contributed by atoms with Crippen LogP contribution in [0.15, 0.2) is 42.5 Å². The van der Waals surface area contributed by atoms with Gasteiger partial charge in [-0.1, -0.05) is 42.5 Å². The summed E-state index contributed by atoms with van der Waals surface area (Å²) in [5.41, 5.74) is 1.05. The predicted molar refractivity (Wildman–Crippen MR) is 79.7 cm³/mol. The maximum Gasteiger partial charge on any atom is 0.315 e. The Labute approximate surface area is 118 Å². The van der Waals surface area contributed by atoms with E-state index in [2.05, 4.69) is 10.6 Å². The Morgan fingerprint density at radius 3 is 2.70 bits per heavy atom. The maximum atomic E-state index is 11.5. The van der Waals surface area contributed by atoms with Gasteiger partial charge in [0.1, 0.15) is 6.29 Å². The zero-order chi connectivity index (χ0) is 14.4. The Morgan fingerprint density at radius 2 is 1.95 bits per heavy atom. The molecule has 0 radical (unpaired) electrons. The molecule has 0 aromatic heterocycles. The number of nitrogens with one attached hydrogen (secondary N) is 2. The van der Waals surface area contributed by atoms with Crippen molar-refractivity contribution in [3.8, 4) is 0 Å². The summed E-state index contributed by atoms with van der Waals surface area (Å²) < 4.78 is 0. The largest absolute Gasteiger partial charge is 0.338 e. The topological polar surface area (TPSA) is 58.2 Å². The Morgan fingerprint density at radius 1 is 1.20 bits per heavy atom. The van der Waals surface area contributed by atoms with Crippen LogP contribution in [0, 0.1) is 0 Å². The number of benzene rings is 2. The van der Waals surface area contributed by atoms with Gasteiger partial charge in [-0.2, -0.15) is 0 Å². The fraction of sp³-hybridized carbons (Fsp3) is 0.250. The van der Waals surface area contributed by atoms with E-state index in [9.17, 15) is 9.59 Å². The SMILES string of the molecule is CCNC(=O)N[C@H](C=O)Cc1cccc2ccccc12. The highest BCUT2D eigenvalue weighted by Gasteiger charge is 2.12. The van der Waals surface area contributed by atoms with Gasteiger partial charge >= 0.3 is 6.03 Å². The van der Waals surface area contributed by atoms with E-state index in [0.29, 0.717) is 13.0 Å². The van der Waals surface area contributed by atoms with Gasteiger partial charge in [0.15, 0.2) is 0 Å². The summed E-state index contributed by atoms with van der Waals surface area (Å²) in [6.45, 7) is 2.37. The summed E-state index contributed by atoms with van der Waals surface area (Å²) in [5.74, 6) is 0. The Balaban J connectivity index is 2.17. The average molecular weight is 270 g/mol. The smallest absolute Gasteiger partial charge is 0.315 e. The van der Waals surface area contributed by atoms with Crippen LogP contribution in [0.4, 0.5) is 4.79 Å².